The highest BCUT2D eigenvalue weighted by Gasteiger charge is 2.28. The Labute approximate surface area is 97.5 Å². The fourth-order valence-electron chi connectivity index (χ4n) is 1.22. The van der Waals surface area contributed by atoms with E-state index in [0.29, 0.717) is 5.75 Å². The van der Waals surface area contributed by atoms with Crippen molar-refractivity contribution in [2.75, 3.05) is 20.3 Å². The van der Waals surface area contributed by atoms with Crippen molar-refractivity contribution in [3.63, 3.8) is 0 Å². The molecule has 1 aromatic carbocycles. The summed E-state index contributed by atoms with van der Waals surface area (Å²) in [5.41, 5.74) is 1.08. The van der Waals surface area contributed by atoms with Crippen molar-refractivity contribution in [2.24, 2.45) is 0 Å². The normalized spacial score (nSPS) is 11.5. The molecule has 0 aliphatic rings. The second-order valence-electron chi connectivity index (χ2n) is 3.32. The largest absolute Gasteiger partial charge is 0.522 e. The molecule has 1 N–H and O–H groups in total. The smallest absolute Gasteiger partial charge is 0.491 e. The van der Waals surface area contributed by atoms with Crippen molar-refractivity contribution in [1.29, 1.82) is 0 Å². The molecule has 0 heterocycles. The molecular weight excluding hydrogens is 235 g/mol. The zero-order chi connectivity index (χ0) is 12.7. The van der Waals surface area contributed by atoms with Gasteiger partial charge < -0.3 is 10.1 Å². The maximum absolute atomic E-state index is 11.6. The van der Waals surface area contributed by atoms with Gasteiger partial charge in [-0.2, -0.15) is 0 Å². The first-order chi connectivity index (χ1) is 8.01. The molecule has 6 heteroatoms. The number of hydrogen-bond acceptors (Lipinski definition) is 3. The Bertz CT molecular complexity index is 324. The van der Waals surface area contributed by atoms with Crippen LogP contribution in [0.3, 0.4) is 0 Å². The Morgan fingerprint density at radius 3 is 2.29 bits per heavy atom. The molecule has 0 fully saturated rings. The van der Waals surface area contributed by atoms with Crippen LogP contribution in [0.2, 0.25) is 0 Å². The lowest BCUT2D eigenvalue weighted by Gasteiger charge is -2.09. The second-order valence-corrected chi connectivity index (χ2v) is 3.32. The van der Waals surface area contributed by atoms with Gasteiger partial charge in [-0.25, -0.2) is 0 Å². The van der Waals surface area contributed by atoms with E-state index in [0.717, 1.165) is 12.1 Å². The topological polar surface area (TPSA) is 30.5 Å². The van der Waals surface area contributed by atoms with E-state index in [-0.39, 0.29) is 6.61 Å². The number of rotatable bonds is 6. The summed E-state index contributed by atoms with van der Waals surface area (Å²) in [6.07, 6.45) is -4.60. The molecule has 0 bridgehead atoms. The number of benzene rings is 1. The fourth-order valence-corrected chi connectivity index (χ4v) is 1.22. The van der Waals surface area contributed by atoms with Crippen LogP contribution in [0.1, 0.15) is 5.56 Å². The minimum absolute atomic E-state index is 0.134. The van der Waals surface area contributed by atoms with E-state index in [1.165, 1.54) is 0 Å². The summed E-state index contributed by atoms with van der Waals surface area (Å²) in [7, 11) is 1.83. The lowest BCUT2D eigenvalue weighted by molar-refractivity contribution is -0.325. The van der Waals surface area contributed by atoms with Gasteiger partial charge in [-0.3, -0.25) is 4.74 Å². The zero-order valence-electron chi connectivity index (χ0n) is 9.38. The van der Waals surface area contributed by atoms with Crippen LogP contribution in [-0.2, 0) is 11.3 Å². The van der Waals surface area contributed by atoms with Crippen LogP contribution in [0.4, 0.5) is 13.2 Å². The third-order valence-electron chi connectivity index (χ3n) is 1.92. The molecule has 0 amide bonds. The third-order valence-corrected chi connectivity index (χ3v) is 1.92. The highest BCUT2D eigenvalue weighted by molar-refractivity contribution is 5.27. The summed E-state index contributed by atoms with van der Waals surface area (Å²) in [5, 5.41) is 2.99. The van der Waals surface area contributed by atoms with Crippen molar-refractivity contribution >= 4 is 0 Å². The molecule has 0 radical (unpaired) electrons. The first-order valence-electron chi connectivity index (χ1n) is 5.08. The number of hydrogen-bond donors (Lipinski definition) is 1. The molecule has 1 rings (SSSR count). The molecule has 0 aromatic heterocycles. The van der Waals surface area contributed by atoms with Crippen molar-refractivity contribution in [3.05, 3.63) is 29.8 Å². The second kappa shape index (κ2) is 6.46. The SMILES string of the molecule is CNCc1ccc(OCCOC(F)(F)F)cc1. The average molecular weight is 249 g/mol. The monoisotopic (exact) mass is 249 g/mol. The third kappa shape index (κ3) is 6.13. The lowest BCUT2D eigenvalue weighted by Crippen LogP contribution is -2.18. The van der Waals surface area contributed by atoms with Crippen molar-refractivity contribution in [2.45, 2.75) is 12.9 Å². The first-order valence-corrected chi connectivity index (χ1v) is 5.08. The Kier molecular flexibility index (Phi) is 5.24. The maximum Gasteiger partial charge on any atom is 0.522 e. The molecule has 0 atom stereocenters. The van der Waals surface area contributed by atoms with Crippen LogP contribution < -0.4 is 10.1 Å². The molecule has 1 aromatic rings. The van der Waals surface area contributed by atoms with Crippen molar-refractivity contribution in [3.8, 4) is 5.75 Å². The summed E-state index contributed by atoms with van der Waals surface area (Å²) in [5.74, 6) is 0.524. The van der Waals surface area contributed by atoms with E-state index in [1.807, 2.05) is 19.2 Å². The molecule has 0 aliphatic carbocycles. The number of ether oxygens (including phenoxy) is 2. The van der Waals surface area contributed by atoms with Crippen LogP contribution in [-0.4, -0.2) is 26.6 Å². The molecule has 0 saturated carbocycles. The fraction of sp³-hybridized carbons (Fsp3) is 0.455. The molecule has 3 nitrogen and oxygen atoms in total. The average Bonchev–Trinajstić information content (AvgIpc) is 2.26. The van der Waals surface area contributed by atoms with Gasteiger partial charge in [0, 0.05) is 6.54 Å². The van der Waals surface area contributed by atoms with Gasteiger partial charge in [0.15, 0.2) is 0 Å². The molecule has 17 heavy (non-hydrogen) atoms. The minimum Gasteiger partial charge on any atom is -0.491 e. The van der Waals surface area contributed by atoms with E-state index >= 15 is 0 Å². The Morgan fingerprint density at radius 2 is 1.76 bits per heavy atom. The predicted molar refractivity (Wildman–Crippen MR) is 56.7 cm³/mol. The van der Waals surface area contributed by atoms with Crippen LogP contribution in [0, 0.1) is 0 Å². The van der Waals surface area contributed by atoms with Crippen LogP contribution >= 0.6 is 0 Å². The molecule has 0 aliphatic heterocycles. The van der Waals surface area contributed by atoms with E-state index in [9.17, 15) is 13.2 Å². The van der Waals surface area contributed by atoms with E-state index in [2.05, 4.69) is 10.1 Å². The summed E-state index contributed by atoms with van der Waals surface area (Å²) in [6, 6.07) is 7.10. The Hall–Kier alpha value is -1.27. The standard InChI is InChI=1S/C11H14F3NO2/c1-15-8-9-2-4-10(5-3-9)16-6-7-17-11(12,13)14/h2-5,15H,6-8H2,1H3. The van der Waals surface area contributed by atoms with Gasteiger partial charge in [0.2, 0.25) is 0 Å². The summed E-state index contributed by atoms with van der Waals surface area (Å²) < 4.78 is 43.6. The highest BCUT2D eigenvalue weighted by atomic mass is 19.4. The Morgan fingerprint density at radius 1 is 1.12 bits per heavy atom. The molecule has 0 spiro atoms. The van der Waals surface area contributed by atoms with Crippen LogP contribution in [0.15, 0.2) is 24.3 Å². The van der Waals surface area contributed by atoms with Gasteiger partial charge in [0.25, 0.3) is 0 Å². The van der Waals surface area contributed by atoms with Gasteiger partial charge in [0.1, 0.15) is 12.4 Å². The van der Waals surface area contributed by atoms with E-state index in [1.54, 1.807) is 12.1 Å². The minimum atomic E-state index is -4.60. The summed E-state index contributed by atoms with van der Waals surface area (Å²) in [6.45, 7) is 0.0874. The summed E-state index contributed by atoms with van der Waals surface area (Å²) >= 11 is 0. The molecule has 0 saturated heterocycles. The molecule has 96 valence electrons. The van der Waals surface area contributed by atoms with E-state index < -0.39 is 13.0 Å². The van der Waals surface area contributed by atoms with Gasteiger partial charge in [-0.1, -0.05) is 12.1 Å². The number of alkyl halides is 3. The maximum atomic E-state index is 11.6. The van der Waals surface area contributed by atoms with Crippen LogP contribution in [0.25, 0.3) is 0 Å². The highest BCUT2D eigenvalue weighted by Crippen LogP contribution is 2.16. The number of nitrogens with one attached hydrogen (secondary N) is 1. The van der Waals surface area contributed by atoms with Crippen molar-refractivity contribution < 1.29 is 22.6 Å². The zero-order valence-corrected chi connectivity index (χ0v) is 9.38. The van der Waals surface area contributed by atoms with Gasteiger partial charge in [-0.15, -0.1) is 13.2 Å². The number of halogens is 3. The van der Waals surface area contributed by atoms with Gasteiger partial charge >= 0.3 is 6.36 Å². The van der Waals surface area contributed by atoms with Gasteiger partial charge in [0.05, 0.1) is 6.61 Å². The molecule has 0 unspecified atom stereocenters. The summed E-state index contributed by atoms with van der Waals surface area (Å²) in [4.78, 5) is 0. The first kappa shape index (κ1) is 13.8. The Balaban J connectivity index is 2.27. The lowest BCUT2D eigenvalue weighted by atomic mass is 10.2. The quantitative estimate of drug-likeness (QED) is 0.785. The van der Waals surface area contributed by atoms with Crippen molar-refractivity contribution in [1.82, 2.24) is 5.32 Å². The van der Waals surface area contributed by atoms with Crippen LogP contribution in [0.5, 0.6) is 5.75 Å². The van der Waals surface area contributed by atoms with Gasteiger partial charge in [-0.05, 0) is 24.7 Å². The predicted octanol–water partition coefficient (Wildman–Crippen LogP) is 2.32. The molecular formula is C11H14F3NO2. The van der Waals surface area contributed by atoms with E-state index in [4.69, 9.17) is 4.74 Å².